The van der Waals surface area contributed by atoms with E-state index in [1.54, 1.807) is 12.1 Å². The lowest BCUT2D eigenvalue weighted by molar-refractivity contribution is 0.0697. The zero-order valence-corrected chi connectivity index (χ0v) is 9.52. The van der Waals surface area contributed by atoms with Gasteiger partial charge >= 0.3 is 5.97 Å². The van der Waals surface area contributed by atoms with Gasteiger partial charge in [-0.05, 0) is 43.0 Å². The van der Waals surface area contributed by atoms with Crippen molar-refractivity contribution in [3.63, 3.8) is 0 Å². The van der Waals surface area contributed by atoms with Gasteiger partial charge in [-0.25, -0.2) is 4.79 Å². The van der Waals surface area contributed by atoms with Crippen LogP contribution in [0.1, 0.15) is 29.6 Å². The molecular formula is C13H17NO2. The van der Waals surface area contributed by atoms with Crippen LogP contribution in [-0.2, 0) is 0 Å². The number of hydrogen-bond donors (Lipinski definition) is 1. The Hall–Kier alpha value is -1.51. The van der Waals surface area contributed by atoms with Crippen molar-refractivity contribution in [2.45, 2.75) is 19.3 Å². The van der Waals surface area contributed by atoms with Crippen LogP contribution in [-0.4, -0.2) is 24.7 Å². The molecule has 0 radical (unpaired) electrons. The average Bonchev–Trinajstić information content (AvgIpc) is 2.23. The molecule has 0 aromatic heterocycles. The molecule has 1 aromatic carbocycles. The first-order valence-electron chi connectivity index (χ1n) is 5.71. The van der Waals surface area contributed by atoms with Crippen LogP contribution >= 0.6 is 0 Å². The van der Waals surface area contributed by atoms with Crippen molar-refractivity contribution in [1.82, 2.24) is 0 Å². The molecule has 2 rings (SSSR count). The monoisotopic (exact) mass is 219 g/mol. The van der Waals surface area contributed by atoms with Gasteiger partial charge in [0.05, 0.1) is 5.56 Å². The second-order valence-corrected chi connectivity index (χ2v) is 4.53. The molecule has 0 spiro atoms. The van der Waals surface area contributed by atoms with Crippen LogP contribution in [0, 0.1) is 5.92 Å². The van der Waals surface area contributed by atoms with Crippen LogP contribution < -0.4 is 4.90 Å². The van der Waals surface area contributed by atoms with Crippen LogP contribution in [0.3, 0.4) is 0 Å². The Bertz CT molecular complexity index is 368. The van der Waals surface area contributed by atoms with E-state index in [1.165, 1.54) is 19.3 Å². The molecule has 0 saturated heterocycles. The highest BCUT2D eigenvalue weighted by Crippen LogP contribution is 2.28. The van der Waals surface area contributed by atoms with Crippen LogP contribution in [0.5, 0.6) is 0 Å². The standard InChI is InChI=1S/C13H17NO2/c1-14(9-10-3-2-4-10)12-7-5-11(6-8-12)13(15)16/h5-8,10H,2-4,9H2,1H3,(H,15,16). The van der Waals surface area contributed by atoms with E-state index in [9.17, 15) is 4.79 Å². The van der Waals surface area contributed by atoms with Crippen molar-refractivity contribution < 1.29 is 9.90 Å². The molecule has 3 heteroatoms. The molecule has 0 heterocycles. The van der Waals surface area contributed by atoms with Gasteiger partial charge < -0.3 is 10.0 Å². The molecule has 1 aliphatic rings. The molecule has 0 amide bonds. The maximum atomic E-state index is 10.7. The summed E-state index contributed by atoms with van der Waals surface area (Å²) in [6.45, 7) is 1.08. The fourth-order valence-corrected chi connectivity index (χ4v) is 2.03. The lowest BCUT2D eigenvalue weighted by atomic mass is 9.85. The molecule has 0 aliphatic heterocycles. The Morgan fingerprint density at radius 1 is 1.38 bits per heavy atom. The molecule has 3 nitrogen and oxygen atoms in total. The number of nitrogens with zero attached hydrogens (tertiary/aromatic N) is 1. The van der Waals surface area contributed by atoms with Crippen molar-refractivity contribution in [1.29, 1.82) is 0 Å². The summed E-state index contributed by atoms with van der Waals surface area (Å²) in [6.07, 6.45) is 4.02. The van der Waals surface area contributed by atoms with Gasteiger partial charge in [0.2, 0.25) is 0 Å². The first-order chi connectivity index (χ1) is 7.66. The number of aromatic carboxylic acids is 1. The SMILES string of the molecule is CN(CC1CCC1)c1ccc(C(=O)O)cc1. The number of benzene rings is 1. The van der Waals surface area contributed by atoms with Gasteiger partial charge in [-0.15, -0.1) is 0 Å². The molecule has 1 fully saturated rings. The Morgan fingerprint density at radius 3 is 2.44 bits per heavy atom. The molecule has 1 aromatic rings. The molecule has 0 atom stereocenters. The fraction of sp³-hybridized carbons (Fsp3) is 0.462. The van der Waals surface area contributed by atoms with Crippen LogP contribution in [0.25, 0.3) is 0 Å². The van der Waals surface area contributed by atoms with Crippen molar-refractivity contribution in [3.05, 3.63) is 29.8 Å². The van der Waals surface area contributed by atoms with Gasteiger partial charge in [-0.1, -0.05) is 6.42 Å². The lowest BCUT2D eigenvalue weighted by Crippen LogP contribution is -2.29. The highest BCUT2D eigenvalue weighted by Gasteiger charge is 2.19. The Kier molecular flexibility index (Phi) is 3.13. The van der Waals surface area contributed by atoms with Crippen molar-refractivity contribution in [2.75, 3.05) is 18.5 Å². The van der Waals surface area contributed by atoms with Gasteiger partial charge in [0.1, 0.15) is 0 Å². The molecule has 0 unspecified atom stereocenters. The van der Waals surface area contributed by atoms with Gasteiger partial charge in [0.25, 0.3) is 0 Å². The van der Waals surface area contributed by atoms with Gasteiger partial charge in [0.15, 0.2) is 0 Å². The Labute approximate surface area is 95.7 Å². The van der Waals surface area contributed by atoms with Crippen LogP contribution in [0.2, 0.25) is 0 Å². The van der Waals surface area contributed by atoms with E-state index in [0.717, 1.165) is 18.2 Å². The third kappa shape index (κ3) is 2.35. The lowest BCUT2D eigenvalue weighted by Gasteiger charge is -2.31. The van der Waals surface area contributed by atoms with Gasteiger partial charge in [-0.3, -0.25) is 0 Å². The van der Waals surface area contributed by atoms with Crippen LogP contribution in [0.15, 0.2) is 24.3 Å². The van der Waals surface area contributed by atoms with E-state index in [-0.39, 0.29) is 0 Å². The van der Waals surface area contributed by atoms with Crippen molar-refractivity contribution in [3.8, 4) is 0 Å². The van der Waals surface area contributed by atoms with Crippen molar-refractivity contribution >= 4 is 11.7 Å². The summed E-state index contributed by atoms with van der Waals surface area (Å²) in [5, 5.41) is 8.79. The number of carbonyl (C=O) groups is 1. The van der Waals surface area contributed by atoms with E-state index >= 15 is 0 Å². The maximum Gasteiger partial charge on any atom is 0.335 e. The van der Waals surface area contributed by atoms with E-state index in [1.807, 2.05) is 12.1 Å². The fourth-order valence-electron chi connectivity index (χ4n) is 2.03. The summed E-state index contributed by atoms with van der Waals surface area (Å²) in [7, 11) is 2.06. The quantitative estimate of drug-likeness (QED) is 0.846. The first kappa shape index (κ1) is 11.0. The number of carboxylic acids is 1. The minimum atomic E-state index is -0.867. The molecule has 1 saturated carbocycles. The third-order valence-electron chi connectivity index (χ3n) is 3.31. The minimum absolute atomic E-state index is 0.348. The minimum Gasteiger partial charge on any atom is -0.478 e. The summed E-state index contributed by atoms with van der Waals surface area (Å²) < 4.78 is 0. The largest absolute Gasteiger partial charge is 0.478 e. The molecule has 1 N–H and O–H groups in total. The third-order valence-corrected chi connectivity index (χ3v) is 3.31. The number of rotatable bonds is 4. The van der Waals surface area contributed by atoms with E-state index in [4.69, 9.17) is 5.11 Å². The van der Waals surface area contributed by atoms with E-state index < -0.39 is 5.97 Å². The first-order valence-corrected chi connectivity index (χ1v) is 5.71. The summed E-state index contributed by atoms with van der Waals surface area (Å²) >= 11 is 0. The molecule has 86 valence electrons. The number of carboxylic acid groups (broad SMARTS) is 1. The molecular weight excluding hydrogens is 202 g/mol. The summed E-state index contributed by atoms with van der Waals surface area (Å²) in [6, 6.07) is 7.08. The smallest absolute Gasteiger partial charge is 0.335 e. The predicted octanol–water partition coefficient (Wildman–Crippen LogP) is 2.62. The van der Waals surface area contributed by atoms with E-state index in [2.05, 4.69) is 11.9 Å². The Morgan fingerprint density at radius 2 is 2.00 bits per heavy atom. The predicted molar refractivity (Wildman–Crippen MR) is 64.0 cm³/mol. The average molecular weight is 219 g/mol. The van der Waals surface area contributed by atoms with Gasteiger partial charge in [0, 0.05) is 19.3 Å². The second kappa shape index (κ2) is 4.56. The topological polar surface area (TPSA) is 40.5 Å². The second-order valence-electron chi connectivity index (χ2n) is 4.53. The van der Waals surface area contributed by atoms with Gasteiger partial charge in [-0.2, -0.15) is 0 Å². The zero-order chi connectivity index (χ0) is 11.5. The molecule has 16 heavy (non-hydrogen) atoms. The summed E-state index contributed by atoms with van der Waals surface area (Å²) in [5.74, 6) is -0.0441. The van der Waals surface area contributed by atoms with E-state index in [0.29, 0.717) is 5.56 Å². The normalized spacial score (nSPS) is 15.6. The Balaban J connectivity index is 1.99. The maximum absolute atomic E-state index is 10.7. The highest BCUT2D eigenvalue weighted by molar-refractivity contribution is 5.88. The van der Waals surface area contributed by atoms with Crippen molar-refractivity contribution in [2.24, 2.45) is 5.92 Å². The number of anilines is 1. The highest BCUT2D eigenvalue weighted by atomic mass is 16.4. The summed E-state index contributed by atoms with van der Waals surface area (Å²) in [4.78, 5) is 12.9. The summed E-state index contributed by atoms with van der Waals surface area (Å²) in [5.41, 5.74) is 1.44. The molecule has 0 bridgehead atoms. The molecule has 1 aliphatic carbocycles. The van der Waals surface area contributed by atoms with Crippen LogP contribution in [0.4, 0.5) is 5.69 Å². The zero-order valence-electron chi connectivity index (χ0n) is 9.52. The number of hydrogen-bond acceptors (Lipinski definition) is 2.